The molecule has 1 N–H and O–H groups in total. The predicted molar refractivity (Wildman–Crippen MR) is 70.6 cm³/mol. The van der Waals surface area contributed by atoms with Gasteiger partial charge < -0.3 is 5.32 Å². The van der Waals surface area contributed by atoms with Gasteiger partial charge in [-0.2, -0.15) is 11.8 Å². The quantitative estimate of drug-likeness (QED) is 0.765. The fraction of sp³-hybridized carbons (Fsp3) is 0.538. The molecular weight excluding hydrogens is 221 g/mol. The predicted octanol–water partition coefficient (Wildman–Crippen LogP) is 3.54. The summed E-state index contributed by atoms with van der Waals surface area (Å²) in [5.74, 6) is 1.94. The van der Waals surface area contributed by atoms with Crippen molar-refractivity contribution in [2.24, 2.45) is 0 Å². The Kier molecular flexibility index (Phi) is 5.85. The SMILES string of the molecule is CCCSCC(NC)c1cc(C)ccc1F. The normalized spacial score (nSPS) is 12.8. The van der Waals surface area contributed by atoms with Crippen molar-refractivity contribution in [3.8, 4) is 0 Å². The number of rotatable bonds is 6. The van der Waals surface area contributed by atoms with Gasteiger partial charge in [-0.1, -0.05) is 24.6 Å². The molecule has 0 saturated heterocycles. The van der Waals surface area contributed by atoms with Crippen LogP contribution in [0.25, 0.3) is 0 Å². The topological polar surface area (TPSA) is 12.0 Å². The average Bonchev–Trinajstić information content (AvgIpc) is 2.28. The Hall–Kier alpha value is -0.540. The summed E-state index contributed by atoms with van der Waals surface area (Å²) in [6.07, 6.45) is 1.16. The van der Waals surface area contributed by atoms with Crippen molar-refractivity contribution >= 4 is 11.8 Å². The monoisotopic (exact) mass is 241 g/mol. The van der Waals surface area contributed by atoms with Crippen molar-refractivity contribution in [1.82, 2.24) is 5.32 Å². The van der Waals surface area contributed by atoms with Gasteiger partial charge in [-0.3, -0.25) is 0 Å². The molecule has 90 valence electrons. The molecule has 0 spiro atoms. The molecule has 0 bridgehead atoms. The minimum Gasteiger partial charge on any atom is -0.312 e. The number of nitrogens with one attached hydrogen (secondary N) is 1. The number of thioether (sulfide) groups is 1. The van der Waals surface area contributed by atoms with Crippen molar-refractivity contribution in [1.29, 1.82) is 0 Å². The Labute approximate surface area is 102 Å². The first kappa shape index (κ1) is 13.5. The molecule has 0 aromatic heterocycles. The highest BCUT2D eigenvalue weighted by Crippen LogP contribution is 2.22. The molecule has 0 aliphatic heterocycles. The van der Waals surface area contributed by atoms with Crippen LogP contribution in [0.2, 0.25) is 0 Å². The van der Waals surface area contributed by atoms with Gasteiger partial charge in [0.2, 0.25) is 0 Å². The summed E-state index contributed by atoms with van der Waals surface area (Å²) in [4.78, 5) is 0. The molecule has 0 saturated carbocycles. The minimum absolute atomic E-state index is 0.108. The lowest BCUT2D eigenvalue weighted by Gasteiger charge is -2.17. The van der Waals surface area contributed by atoms with Gasteiger partial charge in [0, 0.05) is 17.4 Å². The van der Waals surface area contributed by atoms with Crippen molar-refractivity contribution < 1.29 is 4.39 Å². The molecule has 16 heavy (non-hydrogen) atoms. The third-order valence-electron chi connectivity index (χ3n) is 2.51. The van der Waals surface area contributed by atoms with Crippen LogP contribution in [0.3, 0.4) is 0 Å². The number of hydrogen-bond donors (Lipinski definition) is 1. The Morgan fingerprint density at radius 2 is 2.19 bits per heavy atom. The third-order valence-corrected chi connectivity index (χ3v) is 3.77. The van der Waals surface area contributed by atoms with E-state index in [4.69, 9.17) is 0 Å². The Morgan fingerprint density at radius 3 is 2.81 bits per heavy atom. The molecule has 0 amide bonds. The van der Waals surface area contributed by atoms with Crippen molar-refractivity contribution in [3.05, 3.63) is 35.1 Å². The number of halogens is 1. The van der Waals surface area contributed by atoms with E-state index in [1.807, 2.05) is 37.9 Å². The maximum Gasteiger partial charge on any atom is 0.128 e. The van der Waals surface area contributed by atoms with E-state index in [0.717, 1.165) is 29.1 Å². The van der Waals surface area contributed by atoms with Crippen molar-refractivity contribution in [2.45, 2.75) is 26.3 Å². The van der Waals surface area contributed by atoms with E-state index in [-0.39, 0.29) is 11.9 Å². The van der Waals surface area contributed by atoms with Crippen LogP contribution in [-0.4, -0.2) is 18.6 Å². The average molecular weight is 241 g/mol. The molecule has 0 aliphatic rings. The summed E-state index contributed by atoms with van der Waals surface area (Å²) in [5, 5.41) is 3.18. The summed E-state index contributed by atoms with van der Waals surface area (Å²) >= 11 is 1.87. The van der Waals surface area contributed by atoms with Crippen LogP contribution in [0.1, 0.15) is 30.5 Å². The fourth-order valence-electron chi connectivity index (χ4n) is 1.60. The van der Waals surface area contributed by atoms with Crippen molar-refractivity contribution in [3.63, 3.8) is 0 Å². The molecule has 3 heteroatoms. The van der Waals surface area contributed by atoms with Gasteiger partial charge in [0.1, 0.15) is 5.82 Å². The molecule has 1 atom stereocenters. The standard InChI is InChI=1S/C13H20FNS/c1-4-7-16-9-13(15-3)11-8-10(2)5-6-12(11)14/h5-6,8,13,15H,4,7,9H2,1-3H3. The second-order valence-corrected chi connectivity index (χ2v) is 5.09. The summed E-state index contributed by atoms with van der Waals surface area (Å²) in [6.45, 7) is 4.16. The maximum atomic E-state index is 13.7. The van der Waals surface area contributed by atoms with Crippen LogP contribution in [0, 0.1) is 12.7 Å². The van der Waals surface area contributed by atoms with Gasteiger partial charge in [-0.25, -0.2) is 4.39 Å². The van der Waals surface area contributed by atoms with Crippen LogP contribution in [0.15, 0.2) is 18.2 Å². The van der Waals surface area contributed by atoms with E-state index < -0.39 is 0 Å². The Bertz CT molecular complexity index is 328. The molecule has 1 nitrogen and oxygen atoms in total. The van der Waals surface area contributed by atoms with Crippen LogP contribution in [-0.2, 0) is 0 Å². The zero-order chi connectivity index (χ0) is 12.0. The summed E-state index contributed by atoms with van der Waals surface area (Å²) < 4.78 is 13.7. The maximum absolute atomic E-state index is 13.7. The smallest absolute Gasteiger partial charge is 0.128 e. The summed E-state index contributed by atoms with van der Waals surface area (Å²) in [5.41, 5.74) is 1.89. The highest BCUT2D eigenvalue weighted by atomic mass is 32.2. The van der Waals surface area contributed by atoms with Crippen LogP contribution < -0.4 is 5.32 Å². The number of aryl methyl sites for hydroxylation is 1. The van der Waals surface area contributed by atoms with Gasteiger partial charge >= 0.3 is 0 Å². The minimum atomic E-state index is -0.109. The Balaban J connectivity index is 2.73. The van der Waals surface area contributed by atoms with E-state index in [1.54, 1.807) is 6.07 Å². The molecule has 1 aromatic rings. The Morgan fingerprint density at radius 1 is 1.44 bits per heavy atom. The molecule has 1 rings (SSSR count). The second kappa shape index (κ2) is 6.92. The first-order valence-electron chi connectivity index (χ1n) is 5.70. The zero-order valence-corrected chi connectivity index (χ0v) is 11.0. The summed E-state index contributed by atoms with van der Waals surface area (Å²) in [7, 11) is 1.89. The van der Waals surface area contributed by atoms with E-state index in [1.165, 1.54) is 0 Å². The highest BCUT2D eigenvalue weighted by molar-refractivity contribution is 7.99. The molecule has 0 fully saturated rings. The van der Waals surface area contributed by atoms with E-state index >= 15 is 0 Å². The van der Waals surface area contributed by atoms with Gasteiger partial charge in [-0.05, 0) is 32.2 Å². The zero-order valence-electron chi connectivity index (χ0n) is 10.2. The molecule has 1 aromatic carbocycles. The van der Waals surface area contributed by atoms with E-state index in [0.29, 0.717) is 0 Å². The molecule has 0 aliphatic carbocycles. The summed E-state index contributed by atoms with van der Waals surface area (Å²) in [6, 6.07) is 5.41. The number of benzene rings is 1. The van der Waals surface area contributed by atoms with Gasteiger partial charge in [0.15, 0.2) is 0 Å². The molecule has 1 unspecified atom stereocenters. The van der Waals surface area contributed by atoms with Crippen LogP contribution >= 0.6 is 11.8 Å². The lowest BCUT2D eigenvalue weighted by atomic mass is 10.1. The third kappa shape index (κ3) is 3.80. The fourth-order valence-corrected chi connectivity index (χ4v) is 2.64. The van der Waals surface area contributed by atoms with E-state index in [9.17, 15) is 4.39 Å². The first-order chi connectivity index (χ1) is 7.69. The lowest BCUT2D eigenvalue weighted by molar-refractivity contribution is 0.565. The lowest BCUT2D eigenvalue weighted by Crippen LogP contribution is -2.20. The van der Waals surface area contributed by atoms with Gasteiger partial charge in [-0.15, -0.1) is 0 Å². The highest BCUT2D eigenvalue weighted by Gasteiger charge is 2.13. The van der Waals surface area contributed by atoms with E-state index in [2.05, 4.69) is 12.2 Å². The van der Waals surface area contributed by atoms with Gasteiger partial charge in [0.05, 0.1) is 0 Å². The molecule has 0 radical (unpaired) electrons. The van der Waals surface area contributed by atoms with Gasteiger partial charge in [0.25, 0.3) is 0 Å². The first-order valence-corrected chi connectivity index (χ1v) is 6.85. The molecular formula is C13H20FNS. The number of hydrogen-bond acceptors (Lipinski definition) is 2. The molecule has 0 heterocycles. The van der Waals surface area contributed by atoms with Crippen LogP contribution in [0.5, 0.6) is 0 Å². The second-order valence-electron chi connectivity index (χ2n) is 3.94. The largest absolute Gasteiger partial charge is 0.312 e. The van der Waals surface area contributed by atoms with Crippen molar-refractivity contribution in [2.75, 3.05) is 18.6 Å². The van der Waals surface area contributed by atoms with Crippen LogP contribution in [0.4, 0.5) is 4.39 Å².